The number of hydrogen-bond acceptors (Lipinski definition) is 4. The smallest absolute Gasteiger partial charge is 0.337 e. The largest absolute Gasteiger partial charge is 0.479 e. The summed E-state index contributed by atoms with van der Waals surface area (Å²) in [6.45, 7) is 0. The summed E-state index contributed by atoms with van der Waals surface area (Å²) in [7, 11) is 0. The Morgan fingerprint density at radius 2 is 2.12 bits per heavy atom. The maximum atomic E-state index is 12.0. The number of benzene rings is 1. The molecule has 0 aromatic heterocycles. The Morgan fingerprint density at radius 1 is 1.41 bits per heavy atom. The zero-order valence-electron chi connectivity index (χ0n) is 8.84. The number of aliphatic carboxylic acids is 1. The molecule has 17 heavy (non-hydrogen) atoms. The van der Waals surface area contributed by atoms with Crippen molar-refractivity contribution < 1.29 is 24.5 Å². The maximum Gasteiger partial charge on any atom is 0.337 e. The highest BCUT2D eigenvalue weighted by atomic mass is 16.5. The van der Waals surface area contributed by atoms with Crippen LogP contribution in [0.1, 0.15) is 34.9 Å². The first-order valence-electron chi connectivity index (χ1n) is 5.32. The first-order chi connectivity index (χ1) is 8.03. The molecule has 2 N–H and O–H groups in total. The van der Waals surface area contributed by atoms with Gasteiger partial charge in [0.2, 0.25) is 5.78 Å². The van der Waals surface area contributed by atoms with Gasteiger partial charge in [0.1, 0.15) is 5.75 Å². The van der Waals surface area contributed by atoms with Crippen LogP contribution in [-0.4, -0.2) is 27.6 Å². The third-order valence-electron chi connectivity index (χ3n) is 3.22. The average Bonchev–Trinajstić information content (AvgIpc) is 3.02. The van der Waals surface area contributed by atoms with Crippen LogP contribution < -0.4 is 4.74 Å². The molecule has 5 heteroatoms. The second-order valence-corrected chi connectivity index (χ2v) is 4.42. The quantitative estimate of drug-likeness (QED) is 0.794. The lowest BCUT2D eigenvalue weighted by Crippen LogP contribution is -2.21. The molecule has 0 amide bonds. The maximum absolute atomic E-state index is 12.0. The first kappa shape index (κ1) is 10.3. The molecule has 1 aromatic carbocycles. The predicted octanol–water partition coefficient (Wildman–Crippen LogP) is 0.912. The van der Waals surface area contributed by atoms with E-state index in [4.69, 9.17) is 9.84 Å². The second-order valence-electron chi connectivity index (χ2n) is 4.42. The van der Waals surface area contributed by atoms with Gasteiger partial charge in [0, 0.05) is 0 Å². The molecule has 1 fully saturated rings. The molecule has 1 atom stereocenters. The van der Waals surface area contributed by atoms with Crippen LogP contribution in [0.4, 0.5) is 0 Å². The fourth-order valence-electron chi connectivity index (χ4n) is 2.07. The molecule has 1 aromatic rings. The minimum atomic E-state index is -1.61. The number of rotatable bonds is 2. The molecule has 0 saturated heterocycles. The van der Waals surface area contributed by atoms with Crippen molar-refractivity contribution in [2.75, 3.05) is 0 Å². The van der Waals surface area contributed by atoms with Crippen molar-refractivity contribution in [3.05, 3.63) is 29.3 Å². The number of fused-ring (bicyclic) bond motifs is 1. The summed E-state index contributed by atoms with van der Waals surface area (Å²) in [6.07, 6.45) is -0.196. The number of carboxylic acid groups (broad SMARTS) is 1. The highest BCUT2D eigenvalue weighted by Gasteiger charge is 2.57. The molecule has 0 bridgehead atoms. The SMILES string of the molecule is O=C(O)C(O)c1ccc2c(c1)C(=O)C1(CC1)O2. The van der Waals surface area contributed by atoms with E-state index >= 15 is 0 Å². The fraction of sp³-hybridized carbons (Fsp3) is 0.333. The molecule has 1 saturated carbocycles. The minimum Gasteiger partial charge on any atom is -0.479 e. The Balaban J connectivity index is 2.01. The summed E-state index contributed by atoms with van der Waals surface area (Å²) in [5.74, 6) is -0.960. The Morgan fingerprint density at radius 3 is 2.71 bits per heavy atom. The van der Waals surface area contributed by atoms with Crippen LogP contribution in [0.3, 0.4) is 0 Å². The molecule has 1 aliphatic carbocycles. The summed E-state index contributed by atoms with van der Waals surface area (Å²) < 4.78 is 5.53. The van der Waals surface area contributed by atoms with E-state index in [1.165, 1.54) is 12.1 Å². The van der Waals surface area contributed by atoms with Gasteiger partial charge in [0.05, 0.1) is 5.56 Å². The third-order valence-corrected chi connectivity index (χ3v) is 3.22. The highest BCUT2D eigenvalue weighted by molar-refractivity contribution is 6.09. The van der Waals surface area contributed by atoms with Crippen LogP contribution >= 0.6 is 0 Å². The number of Topliss-reactive ketones (excluding diaryl/α,β-unsaturated/α-hetero) is 1. The number of carbonyl (C=O) groups is 2. The number of ketones is 1. The van der Waals surface area contributed by atoms with Crippen molar-refractivity contribution in [1.29, 1.82) is 0 Å². The van der Waals surface area contributed by atoms with Crippen LogP contribution in [0.25, 0.3) is 0 Å². The number of aliphatic hydroxyl groups is 1. The van der Waals surface area contributed by atoms with Crippen molar-refractivity contribution in [1.82, 2.24) is 0 Å². The van der Waals surface area contributed by atoms with Crippen molar-refractivity contribution >= 4 is 11.8 Å². The number of aliphatic hydroxyl groups excluding tert-OH is 1. The van der Waals surface area contributed by atoms with Crippen LogP contribution in [0.5, 0.6) is 5.75 Å². The van der Waals surface area contributed by atoms with Gasteiger partial charge in [-0.1, -0.05) is 6.07 Å². The van der Waals surface area contributed by atoms with Crippen molar-refractivity contribution in [3.63, 3.8) is 0 Å². The Hall–Kier alpha value is -1.88. The number of carboxylic acids is 1. The first-order valence-corrected chi connectivity index (χ1v) is 5.32. The summed E-state index contributed by atoms with van der Waals surface area (Å²) in [6, 6.07) is 4.41. The summed E-state index contributed by atoms with van der Waals surface area (Å²) in [4.78, 5) is 22.6. The second kappa shape index (κ2) is 3.07. The minimum absolute atomic E-state index is 0.105. The Bertz CT molecular complexity index is 530. The number of carbonyl (C=O) groups excluding carboxylic acids is 1. The molecule has 1 heterocycles. The van der Waals surface area contributed by atoms with E-state index in [9.17, 15) is 14.7 Å². The van der Waals surface area contributed by atoms with E-state index in [2.05, 4.69) is 0 Å². The Labute approximate surface area is 96.6 Å². The lowest BCUT2D eigenvalue weighted by Gasteiger charge is -2.06. The van der Waals surface area contributed by atoms with Gasteiger partial charge in [-0.2, -0.15) is 0 Å². The molecule has 1 spiro atoms. The topological polar surface area (TPSA) is 83.8 Å². The summed E-state index contributed by atoms with van der Waals surface area (Å²) in [5.41, 5.74) is -0.110. The lowest BCUT2D eigenvalue weighted by molar-refractivity contribution is -0.146. The molecular formula is C12H10O5. The number of ether oxygens (including phenoxy) is 1. The van der Waals surface area contributed by atoms with Crippen molar-refractivity contribution in [3.8, 4) is 5.75 Å². The molecule has 1 aliphatic heterocycles. The predicted molar refractivity (Wildman–Crippen MR) is 56.0 cm³/mol. The van der Waals surface area contributed by atoms with E-state index < -0.39 is 17.7 Å². The van der Waals surface area contributed by atoms with Crippen molar-refractivity contribution in [2.24, 2.45) is 0 Å². The molecule has 3 rings (SSSR count). The monoisotopic (exact) mass is 234 g/mol. The van der Waals surface area contributed by atoms with Gasteiger partial charge in [-0.05, 0) is 30.5 Å². The van der Waals surface area contributed by atoms with E-state index in [-0.39, 0.29) is 11.3 Å². The molecule has 5 nitrogen and oxygen atoms in total. The summed E-state index contributed by atoms with van der Waals surface area (Å²) in [5, 5.41) is 18.1. The molecule has 0 radical (unpaired) electrons. The van der Waals surface area contributed by atoms with Gasteiger partial charge < -0.3 is 14.9 Å². The standard InChI is InChI=1S/C12H10O5/c13-9(11(15)16)6-1-2-8-7(5-6)10(14)12(17-8)3-4-12/h1-2,5,9,13H,3-4H2,(H,15,16). The van der Waals surface area contributed by atoms with E-state index in [0.29, 0.717) is 24.2 Å². The number of hydrogen-bond donors (Lipinski definition) is 2. The van der Waals surface area contributed by atoms with Gasteiger partial charge in [-0.25, -0.2) is 4.79 Å². The molecule has 2 aliphatic rings. The zero-order chi connectivity index (χ0) is 12.2. The van der Waals surface area contributed by atoms with Gasteiger partial charge in [-0.3, -0.25) is 4.79 Å². The molecule has 88 valence electrons. The third kappa shape index (κ3) is 1.36. The normalized spacial score (nSPS) is 20.9. The fourth-order valence-corrected chi connectivity index (χ4v) is 2.07. The summed E-state index contributed by atoms with van der Waals surface area (Å²) >= 11 is 0. The van der Waals surface area contributed by atoms with Crippen LogP contribution in [-0.2, 0) is 4.79 Å². The van der Waals surface area contributed by atoms with Crippen LogP contribution in [0.15, 0.2) is 18.2 Å². The van der Waals surface area contributed by atoms with Crippen LogP contribution in [0, 0.1) is 0 Å². The van der Waals surface area contributed by atoms with Gasteiger partial charge >= 0.3 is 5.97 Å². The zero-order valence-corrected chi connectivity index (χ0v) is 8.84. The molecule has 1 unspecified atom stereocenters. The van der Waals surface area contributed by atoms with Gasteiger partial charge in [0.25, 0.3) is 0 Å². The highest BCUT2D eigenvalue weighted by Crippen LogP contribution is 2.49. The van der Waals surface area contributed by atoms with E-state index in [1.807, 2.05) is 0 Å². The lowest BCUT2D eigenvalue weighted by atomic mass is 10.0. The van der Waals surface area contributed by atoms with E-state index in [1.54, 1.807) is 6.07 Å². The van der Waals surface area contributed by atoms with Gasteiger partial charge in [0.15, 0.2) is 11.7 Å². The average molecular weight is 234 g/mol. The Kier molecular flexibility index (Phi) is 1.86. The van der Waals surface area contributed by atoms with Gasteiger partial charge in [-0.15, -0.1) is 0 Å². The molecular weight excluding hydrogens is 224 g/mol. The van der Waals surface area contributed by atoms with Crippen LogP contribution in [0.2, 0.25) is 0 Å². The van der Waals surface area contributed by atoms with Crippen molar-refractivity contribution in [2.45, 2.75) is 24.5 Å². The van der Waals surface area contributed by atoms with E-state index in [0.717, 1.165) is 0 Å².